The Balaban J connectivity index is 1.79. The minimum atomic E-state index is -0.197. The van der Waals surface area contributed by atoms with Gasteiger partial charge in [0.15, 0.2) is 5.84 Å². The van der Waals surface area contributed by atoms with E-state index < -0.39 is 0 Å². The highest BCUT2D eigenvalue weighted by Gasteiger charge is 2.33. The van der Waals surface area contributed by atoms with Crippen molar-refractivity contribution >= 4 is 39.4 Å². The maximum atomic E-state index is 13.4. The van der Waals surface area contributed by atoms with Crippen LogP contribution in [0.4, 0.5) is 5.69 Å². The van der Waals surface area contributed by atoms with Crippen molar-refractivity contribution in [2.75, 3.05) is 18.6 Å². The van der Waals surface area contributed by atoms with E-state index >= 15 is 0 Å². The van der Waals surface area contributed by atoms with Crippen molar-refractivity contribution in [3.63, 3.8) is 0 Å². The van der Waals surface area contributed by atoms with Crippen LogP contribution in [0.2, 0.25) is 0 Å². The monoisotopic (exact) mass is 476 g/mol. The first kappa shape index (κ1) is 20.9. The molecule has 1 aliphatic heterocycles. The molecular formula is C25H21BrN2O3. The first-order chi connectivity index (χ1) is 15.1. The second-order valence-corrected chi connectivity index (χ2v) is 7.70. The zero-order chi connectivity index (χ0) is 21.8. The summed E-state index contributed by atoms with van der Waals surface area (Å²) in [6.07, 6.45) is 1.78. The van der Waals surface area contributed by atoms with Crippen LogP contribution in [0.25, 0.3) is 6.08 Å². The molecule has 0 unspecified atom stereocenters. The topological polar surface area (TPSA) is 51.1 Å². The number of hydrogen-bond donors (Lipinski definition) is 0. The Bertz CT molecular complexity index is 1150. The highest BCUT2D eigenvalue weighted by molar-refractivity contribution is 9.10. The highest BCUT2D eigenvalue weighted by Crippen LogP contribution is 2.32. The summed E-state index contributed by atoms with van der Waals surface area (Å²) in [6, 6.07) is 22.7. The molecule has 5 nitrogen and oxygen atoms in total. The first-order valence-corrected chi connectivity index (χ1v) is 10.7. The van der Waals surface area contributed by atoms with Gasteiger partial charge in [-0.15, -0.1) is 0 Å². The van der Waals surface area contributed by atoms with E-state index in [0.717, 1.165) is 27.0 Å². The summed E-state index contributed by atoms with van der Waals surface area (Å²) in [7, 11) is 1.61. The van der Waals surface area contributed by atoms with Crippen molar-refractivity contribution in [1.29, 1.82) is 0 Å². The third-order valence-corrected chi connectivity index (χ3v) is 5.32. The van der Waals surface area contributed by atoms with E-state index in [1.165, 1.54) is 0 Å². The lowest BCUT2D eigenvalue weighted by Crippen LogP contribution is -2.32. The molecule has 3 aromatic rings. The van der Waals surface area contributed by atoms with Gasteiger partial charge in [0.05, 0.1) is 25.0 Å². The number of benzene rings is 3. The van der Waals surface area contributed by atoms with E-state index in [-0.39, 0.29) is 5.91 Å². The largest absolute Gasteiger partial charge is 0.496 e. The summed E-state index contributed by atoms with van der Waals surface area (Å²) in [4.78, 5) is 19.7. The number of carbonyl (C=O) groups is 1. The number of halogens is 1. The molecule has 0 aromatic heterocycles. The van der Waals surface area contributed by atoms with E-state index in [9.17, 15) is 4.79 Å². The van der Waals surface area contributed by atoms with Crippen LogP contribution < -0.4 is 14.4 Å². The fraction of sp³-hybridized carbons (Fsp3) is 0.120. The zero-order valence-electron chi connectivity index (χ0n) is 17.2. The number of carbonyl (C=O) groups excluding carboxylic acids is 1. The van der Waals surface area contributed by atoms with Gasteiger partial charge in [-0.05, 0) is 67.1 Å². The molecule has 0 saturated heterocycles. The lowest BCUT2D eigenvalue weighted by Gasteiger charge is -2.20. The highest BCUT2D eigenvalue weighted by atomic mass is 79.9. The Hall–Kier alpha value is -3.38. The zero-order valence-corrected chi connectivity index (χ0v) is 18.8. The lowest BCUT2D eigenvalue weighted by molar-refractivity contribution is -0.113. The van der Waals surface area contributed by atoms with Crippen molar-refractivity contribution < 1.29 is 14.3 Å². The Morgan fingerprint density at radius 1 is 1.00 bits per heavy atom. The van der Waals surface area contributed by atoms with E-state index in [2.05, 4.69) is 15.9 Å². The third kappa shape index (κ3) is 4.39. The van der Waals surface area contributed by atoms with Crippen molar-refractivity contribution in [2.24, 2.45) is 4.99 Å². The smallest absolute Gasteiger partial charge is 0.282 e. The molecular weight excluding hydrogens is 456 g/mol. The minimum absolute atomic E-state index is 0.197. The summed E-state index contributed by atoms with van der Waals surface area (Å²) in [5.74, 6) is 1.77. The number of aliphatic imine (C=N–C) groups is 1. The van der Waals surface area contributed by atoms with Crippen LogP contribution in [-0.4, -0.2) is 25.5 Å². The molecule has 4 rings (SSSR count). The number of hydrogen-bond acceptors (Lipinski definition) is 4. The van der Waals surface area contributed by atoms with Gasteiger partial charge < -0.3 is 9.47 Å². The molecule has 31 heavy (non-hydrogen) atoms. The summed E-state index contributed by atoms with van der Waals surface area (Å²) in [5.41, 5.74) is 2.70. The number of amides is 1. The summed E-state index contributed by atoms with van der Waals surface area (Å²) < 4.78 is 12.0. The number of methoxy groups -OCH3 is 1. The molecule has 3 aromatic carbocycles. The van der Waals surface area contributed by atoms with Crippen LogP contribution in [0.15, 0.2) is 88.0 Å². The molecule has 1 heterocycles. The Morgan fingerprint density at radius 2 is 1.71 bits per heavy atom. The quantitative estimate of drug-likeness (QED) is 0.429. The fourth-order valence-corrected chi connectivity index (χ4v) is 3.61. The normalized spacial score (nSPS) is 14.7. The average Bonchev–Trinajstić information content (AvgIpc) is 3.11. The molecule has 6 heteroatoms. The van der Waals surface area contributed by atoms with Crippen molar-refractivity contribution in [1.82, 2.24) is 0 Å². The number of para-hydroxylation sites is 1. The van der Waals surface area contributed by atoms with Crippen molar-refractivity contribution in [3.05, 3.63) is 94.1 Å². The van der Waals surface area contributed by atoms with Gasteiger partial charge in [0.1, 0.15) is 17.2 Å². The maximum absolute atomic E-state index is 13.4. The molecule has 0 aliphatic carbocycles. The molecule has 0 radical (unpaired) electrons. The molecule has 0 N–H and O–H groups in total. The second-order valence-electron chi connectivity index (χ2n) is 6.78. The van der Waals surface area contributed by atoms with Gasteiger partial charge in [0.25, 0.3) is 5.91 Å². The van der Waals surface area contributed by atoms with Crippen molar-refractivity contribution in [3.8, 4) is 11.5 Å². The van der Waals surface area contributed by atoms with Crippen LogP contribution in [0.5, 0.6) is 11.5 Å². The average molecular weight is 477 g/mol. The Morgan fingerprint density at radius 3 is 2.39 bits per heavy atom. The molecule has 1 aliphatic rings. The van der Waals surface area contributed by atoms with Gasteiger partial charge >= 0.3 is 0 Å². The fourth-order valence-electron chi connectivity index (χ4n) is 3.34. The predicted octanol–water partition coefficient (Wildman–Crippen LogP) is 5.69. The van der Waals surface area contributed by atoms with Gasteiger partial charge in [-0.2, -0.15) is 0 Å². The second kappa shape index (κ2) is 9.18. The minimum Gasteiger partial charge on any atom is -0.496 e. The van der Waals surface area contributed by atoms with Gasteiger partial charge in [-0.1, -0.05) is 40.2 Å². The Labute approximate surface area is 189 Å². The van der Waals surface area contributed by atoms with Gasteiger partial charge in [-0.25, -0.2) is 4.99 Å². The number of anilines is 1. The summed E-state index contributed by atoms with van der Waals surface area (Å²) >= 11 is 3.45. The number of rotatable bonds is 6. The standard InChI is InChI=1S/C25H21BrN2O3/c1-3-31-20-14-8-17(9-15-20)16-22-25(29)28(19-12-10-18(26)11-13-19)24(27-22)21-6-4-5-7-23(21)30-2/h4-16H,3H2,1-2H3/b22-16+. The predicted molar refractivity (Wildman–Crippen MR) is 127 cm³/mol. The van der Waals surface area contributed by atoms with Crippen LogP contribution in [0.1, 0.15) is 18.1 Å². The molecule has 0 bridgehead atoms. The number of nitrogens with zero attached hydrogens (tertiary/aromatic N) is 2. The van der Waals surface area contributed by atoms with Crippen LogP contribution in [0, 0.1) is 0 Å². The first-order valence-electron chi connectivity index (χ1n) is 9.87. The van der Waals surface area contributed by atoms with E-state index in [1.54, 1.807) is 18.1 Å². The van der Waals surface area contributed by atoms with Crippen LogP contribution in [-0.2, 0) is 4.79 Å². The third-order valence-electron chi connectivity index (χ3n) is 4.79. The molecule has 0 fully saturated rings. The summed E-state index contributed by atoms with van der Waals surface area (Å²) in [6.45, 7) is 2.55. The maximum Gasteiger partial charge on any atom is 0.282 e. The molecule has 0 spiro atoms. The molecule has 0 saturated carbocycles. The Kier molecular flexibility index (Phi) is 6.18. The lowest BCUT2D eigenvalue weighted by atomic mass is 10.1. The van der Waals surface area contributed by atoms with E-state index in [0.29, 0.717) is 23.9 Å². The van der Waals surface area contributed by atoms with Crippen molar-refractivity contribution in [2.45, 2.75) is 6.92 Å². The SMILES string of the molecule is CCOc1ccc(/C=C2/N=C(c3ccccc3OC)N(c3ccc(Br)cc3)C2=O)cc1. The number of ether oxygens (including phenoxy) is 2. The molecule has 1 amide bonds. The molecule has 0 atom stereocenters. The number of amidine groups is 1. The van der Waals surface area contributed by atoms with E-state index in [4.69, 9.17) is 14.5 Å². The van der Waals surface area contributed by atoms with Crippen LogP contribution >= 0.6 is 15.9 Å². The van der Waals surface area contributed by atoms with Gasteiger partial charge in [-0.3, -0.25) is 9.69 Å². The van der Waals surface area contributed by atoms with E-state index in [1.807, 2.05) is 79.7 Å². The summed E-state index contributed by atoms with van der Waals surface area (Å²) in [5, 5.41) is 0. The van der Waals surface area contributed by atoms with Gasteiger partial charge in [0.2, 0.25) is 0 Å². The van der Waals surface area contributed by atoms with Crippen LogP contribution in [0.3, 0.4) is 0 Å². The van der Waals surface area contributed by atoms with Gasteiger partial charge in [0, 0.05) is 4.47 Å². The molecule has 156 valence electrons.